The van der Waals surface area contributed by atoms with Crippen LogP contribution in [0.25, 0.3) is 17.1 Å². The molecule has 0 spiro atoms. The average Bonchev–Trinajstić information content (AvgIpc) is 3.03. The largest absolute Gasteiger partial charge is 0.360 e. The second-order valence-corrected chi connectivity index (χ2v) is 5.68. The maximum absolute atomic E-state index is 12.1. The molecule has 3 aromatic rings. The van der Waals surface area contributed by atoms with Crippen molar-refractivity contribution in [1.82, 2.24) is 20.0 Å². The first-order valence-electron chi connectivity index (χ1n) is 7.89. The number of hydrogen-bond donors (Lipinski definition) is 1. The Labute approximate surface area is 149 Å². The Morgan fingerprint density at radius 1 is 1.27 bits per heavy atom. The summed E-state index contributed by atoms with van der Waals surface area (Å²) in [6.45, 7) is 1.61. The van der Waals surface area contributed by atoms with Gasteiger partial charge >= 0.3 is 0 Å². The lowest BCUT2D eigenvalue weighted by molar-refractivity contribution is -0.129. The number of nitrogens with one attached hydrogen (secondary N) is 1. The van der Waals surface area contributed by atoms with Gasteiger partial charge in [-0.25, -0.2) is 4.98 Å². The number of anilines is 1. The van der Waals surface area contributed by atoms with Crippen molar-refractivity contribution in [2.75, 3.05) is 18.9 Å². The molecule has 0 aliphatic heterocycles. The summed E-state index contributed by atoms with van der Waals surface area (Å²) in [5.41, 5.74) is 2.10. The SMILES string of the molecule is Cc1cc(NC(=O)CN(C)C(=O)/C=C/c2cnc3ccccc3n2)no1. The van der Waals surface area contributed by atoms with Crippen LogP contribution in [0.15, 0.2) is 47.1 Å². The lowest BCUT2D eigenvalue weighted by atomic mass is 10.3. The van der Waals surface area contributed by atoms with Gasteiger partial charge in [0.1, 0.15) is 5.76 Å². The molecule has 0 saturated heterocycles. The van der Waals surface area contributed by atoms with E-state index in [2.05, 4.69) is 20.4 Å². The maximum Gasteiger partial charge on any atom is 0.246 e. The number of aromatic nitrogens is 3. The lowest BCUT2D eigenvalue weighted by Gasteiger charge is -2.13. The summed E-state index contributed by atoms with van der Waals surface area (Å²) in [4.78, 5) is 34.0. The molecule has 0 aliphatic rings. The van der Waals surface area contributed by atoms with E-state index in [-0.39, 0.29) is 18.4 Å². The predicted octanol–water partition coefficient (Wildman–Crippen LogP) is 2.04. The summed E-state index contributed by atoms with van der Waals surface area (Å²) in [5.74, 6) is 0.207. The van der Waals surface area contributed by atoms with Crippen molar-refractivity contribution in [3.05, 3.63) is 54.1 Å². The number of likely N-dealkylation sites (N-methyl/N-ethyl adjacent to an activating group) is 1. The number of carbonyl (C=O) groups excluding carboxylic acids is 2. The molecule has 1 aromatic carbocycles. The van der Waals surface area contributed by atoms with Gasteiger partial charge in [-0.15, -0.1) is 0 Å². The molecule has 0 bridgehead atoms. The molecule has 2 aromatic heterocycles. The maximum atomic E-state index is 12.1. The molecule has 0 atom stereocenters. The third-order valence-corrected chi connectivity index (χ3v) is 3.52. The minimum Gasteiger partial charge on any atom is -0.360 e. The molecule has 8 nitrogen and oxygen atoms in total. The van der Waals surface area contributed by atoms with E-state index in [1.807, 2.05) is 24.3 Å². The molecule has 132 valence electrons. The van der Waals surface area contributed by atoms with Crippen molar-refractivity contribution < 1.29 is 14.1 Å². The molecule has 26 heavy (non-hydrogen) atoms. The smallest absolute Gasteiger partial charge is 0.246 e. The van der Waals surface area contributed by atoms with Crippen LogP contribution in [0.1, 0.15) is 11.5 Å². The summed E-state index contributed by atoms with van der Waals surface area (Å²) in [6, 6.07) is 9.07. The van der Waals surface area contributed by atoms with Crippen LogP contribution in [0, 0.1) is 6.92 Å². The average molecular weight is 351 g/mol. The third-order valence-electron chi connectivity index (χ3n) is 3.52. The van der Waals surface area contributed by atoms with Crippen molar-refractivity contribution >= 4 is 34.7 Å². The minimum absolute atomic E-state index is 0.113. The quantitative estimate of drug-likeness (QED) is 0.706. The zero-order chi connectivity index (χ0) is 18.5. The Balaban J connectivity index is 1.58. The van der Waals surface area contributed by atoms with Gasteiger partial charge in [0.15, 0.2) is 5.82 Å². The Bertz CT molecular complexity index is 980. The van der Waals surface area contributed by atoms with Gasteiger partial charge in [0.2, 0.25) is 11.8 Å². The van der Waals surface area contributed by atoms with Crippen molar-refractivity contribution in [2.45, 2.75) is 6.92 Å². The molecule has 0 unspecified atom stereocenters. The standard InChI is InChI=1S/C18H17N5O3/c1-12-9-16(22-26-12)21-17(24)11-23(2)18(25)8-7-13-10-19-14-5-3-4-6-15(14)20-13/h3-10H,11H2,1-2H3,(H,21,22,24)/b8-7+. The van der Waals surface area contributed by atoms with Crippen molar-refractivity contribution in [1.29, 1.82) is 0 Å². The molecule has 2 heterocycles. The van der Waals surface area contributed by atoms with Gasteiger partial charge in [-0.1, -0.05) is 17.3 Å². The fraction of sp³-hybridized carbons (Fsp3) is 0.167. The van der Waals surface area contributed by atoms with Crippen LogP contribution in [-0.2, 0) is 9.59 Å². The number of rotatable bonds is 5. The molecule has 2 amide bonds. The van der Waals surface area contributed by atoms with Crippen molar-refractivity contribution in [3.8, 4) is 0 Å². The fourth-order valence-electron chi connectivity index (χ4n) is 2.24. The van der Waals surface area contributed by atoms with E-state index in [0.29, 0.717) is 17.3 Å². The van der Waals surface area contributed by atoms with Gasteiger partial charge in [-0.05, 0) is 25.1 Å². The Morgan fingerprint density at radius 3 is 2.77 bits per heavy atom. The Morgan fingerprint density at radius 2 is 2.04 bits per heavy atom. The summed E-state index contributed by atoms with van der Waals surface area (Å²) >= 11 is 0. The van der Waals surface area contributed by atoms with E-state index < -0.39 is 0 Å². The number of hydrogen-bond acceptors (Lipinski definition) is 6. The first-order valence-corrected chi connectivity index (χ1v) is 7.89. The third kappa shape index (κ3) is 4.29. The van der Waals surface area contributed by atoms with Gasteiger partial charge in [0.05, 0.1) is 29.5 Å². The Kier molecular flexibility index (Phi) is 5.02. The first-order chi connectivity index (χ1) is 12.5. The van der Waals surface area contributed by atoms with Gasteiger partial charge in [-0.3, -0.25) is 14.6 Å². The molecular weight excluding hydrogens is 334 g/mol. The molecule has 3 rings (SSSR count). The number of benzene rings is 1. The van der Waals surface area contributed by atoms with Crippen LogP contribution in [0.3, 0.4) is 0 Å². The predicted molar refractivity (Wildman–Crippen MR) is 96.1 cm³/mol. The number of aryl methyl sites for hydroxylation is 1. The summed E-state index contributed by atoms with van der Waals surface area (Å²) in [7, 11) is 1.53. The highest BCUT2D eigenvalue weighted by atomic mass is 16.5. The normalized spacial score (nSPS) is 11.0. The van der Waals surface area contributed by atoms with Gasteiger partial charge in [0.25, 0.3) is 0 Å². The number of carbonyl (C=O) groups is 2. The topological polar surface area (TPSA) is 101 Å². The second kappa shape index (κ2) is 7.56. The van der Waals surface area contributed by atoms with E-state index in [1.54, 1.807) is 25.3 Å². The van der Waals surface area contributed by atoms with Gasteiger partial charge in [-0.2, -0.15) is 0 Å². The molecule has 1 N–H and O–H groups in total. The van der Waals surface area contributed by atoms with Crippen LogP contribution >= 0.6 is 0 Å². The fourth-order valence-corrected chi connectivity index (χ4v) is 2.24. The molecule has 8 heteroatoms. The zero-order valence-electron chi connectivity index (χ0n) is 14.3. The van der Waals surface area contributed by atoms with Crippen molar-refractivity contribution in [2.24, 2.45) is 0 Å². The van der Waals surface area contributed by atoms with Crippen LogP contribution in [0.5, 0.6) is 0 Å². The minimum atomic E-state index is -0.368. The number of nitrogens with zero attached hydrogens (tertiary/aromatic N) is 4. The number of fused-ring (bicyclic) bond motifs is 1. The molecule has 0 aliphatic carbocycles. The molecular formula is C18H17N5O3. The van der Waals surface area contributed by atoms with E-state index >= 15 is 0 Å². The van der Waals surface area contributed by atoms with Crippen molar-refractivity contribution in [3.63, 3.8) is 0 Å². The number of amides is 2. The van der Waals surface area contributed by atoms with E-state index in [0.717, 1.165) is 11.0 Å². The second-order valence-electron chi connectivity index (χ2n) is 5.68. The van der Waals surface area contributed by atoms with Gasteiger partial charge in [0, 0.05) is 19.2 Å². The van der Waals surface area contributed by atoms with E-state index in [4.69, 9.17) is 4.52 Å². The first kappa shape index (κ1) is 17.3. The Hall–Kier alpha value is -3.55. The summed E-state index contributed by atoms with van der Waals surface area (Å²) in [6.07, 6.45) is 4.51. The molecule has 0 saturated carbocycles. The molecule has 0 fully saturated rings. The number of para-hydroxylation sites is 2. The summed E-state index contributed by atoms with van der Waals surface area (Å²) in [5, 5.41) is 6.23. The highest BCUT2D eigenvalue weighted by Crippen LogP contribution is 2.09. The highest BCUT2D eigenvalue weighted by molar-refractivity contribution is 5.97. The van der Waals surface area contributed by atoms with E-state index in [1.165, 1.54) is 18.0 Å². The van der Waals surface area contributed by atoms with Crippen LogP contribution < -0.4 is 5.32 Å². The highest BCUT2D eigenvalue weighted by Gasteiger charge is 2.12. The monoisotopic (exact) mass is 351 g/mol. The summed E-state index contributed by atoms with van der Waals surface area (Å²) < 4.78 is 4.87. The van der Waals surface area contributed by atoms with Crippen LogP contribution in [0.4, 0.5) is 5.82 Å². The van der Waals surface area contributed by atoms with E-state index in [9.17, 15) is 9.59 Å². The van der Waals surface area contributed by atoms with Crippen LogP contribution in [0.2, 0.25) is 0 Å². The lowest BCUT2D eigenvalue weighted by Crippen LogP contribution is -2.33. The van der Waals surface area contributed by atoms with Gasteiger partial charge < -0.3 is 14.7 Å². The van der Waals surface area contributed by atoms with Crippen LogP contribution in [-0.4, -0.2) is 45.4 Å². The molecule has 0 radical (unpaired) electrons. The zero-order valence-corrected chi connectivity index (χ0v) is 14.3.